The molecule has 3 N–H and O–H groups in total. The largest absolute Gasteiger partial charge is 0.375 e. The first-order valence-corrected chi connectivity index (χ1v) is 6.85. The lowest BCUT2D eigenvalue weighted by molar-refractivity contribution is 0.0676. The van der Waals surface area contributed by atoms with Crippen molar-refractivity contribution >= 4 is 11.6 Å². The molecule has 2 atom stereocenters. The molecule has 2 unspecified atom stereocenters. The number of hydrazine groups is 1. The van der Waals surface area contributed by atoms with Crippen LogP contribution in [0.1, 0.15) is 28.8 Å². The van der Waals surface area contributed by atoms with E-state index in [0.29, 0.717) is 0 Å². The molecule has 0 aliphatic rings. The van der Waals surface area contributed by atoms with E-state index in [4.69, 9.17) is 22.2 Å². The minimum atomic E-state index is -0.181. The number of halogens is 1. The van der Waals surface area contributed by atoms with Gasteiger partial charge in [-0.25, -0.2) is 0 Å². The number of ether oxygens (including phenoxy) is 1. The summed E-state index contributed by atoms with van der Waals surface area (Å²) in [5.74, 6) is 5.73. The van der Waals surface area contributed by atoms with Crippen molar-refractivity contribution in [2.24, 2.45) is 5.84 Å². The summed E-state index contributed by atoms with van der Waals surface area (Å²) in [4.78, 5) is 0. The molecule has 2 rings (SSSR count). The molecule has 0 bridgehead atoms. The van der Waals surface area contributed by atoms with E-state index in [1.807, 2.05) is 55.5 Å². The molecule has 0 spiro atoms. The number of methoxy groups -OCH3 is 1. The zero-order chi connectivity index (χ0) is 14.5. The van der Waals surface area contributed by atoms with Gasteiger partial charge in [-0.1, -0.05) is 54.1 Å². The van der Waals surface area contributed by atoms with E-state index in [1.165, 1.54) is 0 Å². The van der Waals surface area contributed by atoms with Crippen LogP contribution in [0.3, 0.4) is 0 Å². The highest BCUT2D eigenvalue weighted by molar-refractivity contribution is 6.31. The molecule has 0 heterocycles. The third-order valence-electron chi connectivity index (χ3n) is 3.42. The van der Waals surface area contributed by atoms with Crippen LogP contribution < -0.4 is 11.3 Å². The summed E-state index contributed by atoms with van der Waals surface area (Å²) >= 11 is 6.20. The summed E-state index contributed by atoms with van der Waals surface area (Å²) in [6.07, 6.45) is -0.181. The van der Waals surface area contributed by atoms with Crippen LogP contribution in [-0.4, -0.2) is 7.11 Å². The van der Waals surface area contributed by atoms with E-state index in [9.17, 15) is 0 Å². The molecule has 0 fully saturated rings. The summed E-state index contributed by atoms with van der Waals surface area (Å²) in [5.41, 5.74) is 5.94. The van der Waals surface area contributed by atoms with Crippen molar-refractivity contribution in [1.29, 1.82) is 0 Å². The third-order valence-corrected chi connectivity index (χ3v) is 3.83. The predicted octanol–water partition coefficient (Wildman–Crippen LogP) is 3.54. The normalized spacial score (nSPS) is 14.0. The van der Waals surface area contributed by atoms with Crippen LogP contribution in [0.15, 0.2) is 48.5 Å². The number of nitrogens with two attached hydrogens (primary N) is 1. The summed E-state index contributed by atoms with van der Waals surface area (Å²) in [7, 11) is 1.68. The van der Waals surface area contributed by atoms with Gasteiger partial charge in [0.25, 0.3) is 0 Å². The Balaban J connectivity index is 2.36. The van der Waals surface area contributed by atoms with Crippen LogP contribution in [0.2, 0.25) is 5.02 Å². The first-order valence-electron chi connectivity index (χ1n) is 6.47. The van der Waals surface area contributed by atoms with Crippen molar-refractivity contribution in [2.45, 2.75) is 19.1 Å². The SMILES string of the molecule is COC(c1ccccc1)C(NN)c1ccc(C)c(Cl)c1. The average Bonchev–Trinajstić information content (AvgIpc) is 2.48. The average molecular weight is 291 g/mol. The Morgan fingerprint density at radius 2 is 1.80 bits per heavy atom. The van der Waals surface area contributed by atoms with Crippen molar-refractivity contribution in [3.8, 4) is 0 Å². The Hall–Kier alpha value is -1.39. The second-order valence-corrected chi connectivity index (χ2v) is 5.13. The molecule has 20 heavy (non-hydrogen) atoms. The topological polar surface area (TPSA) is 47.3 Å². The smallest absolute Gasteiger partial charge is 0.103 e. The van der Waals surface area contributed by atoms with Crippen LogP contribution in [0.5, 0.6) is 0 Å². The number of benzene rings is 2. The van der Waals surface area contributed by atoms with Gasteiger partial charge in [0.1, 0.15) is 6.10 Å². The Labute approximate surface area is 124 Å². The second-order valence-electron chi connectivity index (χ2n) is 4.72. The van der Waals surface area contributed by atoms with Gasteiger partial charge in [0.15, 0.2) is 0 Å². The molecule has 0 saturated carbocycles. The lowest BCUT2D eigenvalue weighted by atomic mass is 9.95. The Bertz CT molecular complexity index is 560. The first kappa shape index (κ1) is 15.0. The monoisotopic (exact) mass is 290 g/mol. The van der Waals surface area contributed by atoms with Gasteiger partial charge in [0.05, 0.1) is 6.04 Å². The van der Waals surface area contributed by atoms with Gasteiger partial charge in [-0.15, -0.1) is 0 Å². The standard InChI is InChI=1S/C16H19ClN2O/c1-11-8-9-13(10-14(11)17)15(19-18)16(20-2)12-6-4-3-5-7-12/h3-10,15-16,19H,18H2,1-2H3. The van der Waals surface area contributed by atoms with E-state index in [1.54, 1.807) is 7.11 Å². The van der Waals surface area contributed by atoms with Gasteiger partial charge in [0.2, 0.25) is 0 Å². The van der Waals surface area contributed by atoms with Crippen molar-refractivity contribution in [2.75, 3.05) is 7.11 Å². The zero-order valence-electron chi connectivity index (χ0n) is 11.6. The van der Waals surface area contributed by atoms with Gasteiger partial charge in [-0.3, -0.25) is 11.3 Å². The number of nitrogens with one attached hydrogen (secondary N) is 1. The molecular formula is C16H19ClN2O. The van der Waals surface area contributed by atoms with E-state index in [-0.39, 0.29) is 12.1 Å². The van der Waals surface area contributed by atoms with Crippen molar-refractivity contribution in [3.05, 3.63) is 70.2 Å². The fourth-order valence-electron chi connectivity index (χ4n) is 2.27. The highest BCUT2D eigenvalue weighted by Gasteiger charge is 2.24. The minimum Gasteiger partial charge on any atom is -0.375 e. The summed E-state index contributed by atoms with van der Waals surface area (Å²) in [6, 6.07) is 15.7. The van der Waals surface area contributed by atoms with Crippen LogP contribution in [-0.2, 0) is 4.74 Å². The van der Waals surface area contributed by atoms with Gasteiger partial charge < -0.3 is 4.74 Å². The molecule has 2 aromatic carbocycles. The molecule has 3 nitrogen and oxygen atoms in total. The summed E-state index contributed by atoms with van der Waals surface area (Å²) in [6.45, 7) is 1.97. The van der Waals surface area contributed by atoms with Crippen LogP contribution >= 0.6 is 11.6 Å². The van der Waals surface area contributed by atoms with E-state index in [2.05, 4.69) is 5.43 Å². The molecule has 0 aliphatic heterocycles. The van der Waals surface area contributed by atoms with Gasteiger partial charge in [-0.2, -0.15) is 0 Å². The Kier molecular flexibility index (Phi) is 5.15. The fraction of sp³-hybridized carbons (Fsp3) is 0.250. The minimum absolute atomic E-state index is 0.166. The van der Waals surface area contributed by atoms with Gasteiger partial charge in [0, 0.05) is 12.1 Å². The van der Waals surface area contributed by atoms with E-state index < -0.39 is 0 Å². The number of hydrogen-bond acceptors (Lipinski definition) is 3. The lowest BCUT2D eigenvalue weighted by Gasteiger charge is -2.26. The van der Waals surface area contributed by atoms with Crippen LogP contribution in [0, 0.1) is 6.92 Å². The number of rotatable bonds is 5. The summed E-state index contributed by atoms with van der Waals surface area (Å²) < 4.78 is 5.63. The van der Waals surface area contributed by atoms with Crippen LogP contribution in [0.4, 0.5) is 0 Å². The van der Waals surface area contributed by atoms with E-state index in [0.717, 1.165) is 21.7 Å². The van der Waals surface area contributed by atoms with Crippen molar-refractivity contribution in [3.63, 3.8) is 0 Å². The maximum absolute atomic E-state index is 6.20. The highest BCUT2D eigenvalue weighted by Crippen LogP contribution is 2.32. The van der Waals surface area contributed by atoms with Gasteiger partial charge >= 0.3 is 0 Å². The molecule has 106 valence electrons. The number of aryl methyl sites for hydroxylation is 1. The molecule has 2 aromatic rings. The second kappa shape index (κ2) is 6.86. The molecule has 0 aliphatic carbocycles. The third kappa shape index (κ3) is 3.19. The molecule has 0 saturated heterocycles. The highest BCUT2D eigenvalue weighted by atomic mass is 35.5. The number of hydrogen-bond donors (Lipinski definition) is 2. The van der Waals surface area contributed by atoms with Crippen molar-refractivity contribution < 1.29 is 4.74 Å². The summed E-state index contributed by atoms with van der Waals surface area (Å²) in [5, 5.41) is 0.727. The quantitative estimate of drug-likeness (QED) is 0.654. The predicted molar refractivity (Wildman–Crippen MR) is 82.4 cm³/mol. The first-order chi connectivity index (χ1) is 9.67. The molecule has 0 aromatic heterocycles. The molecule has 4 heteroatoms. The zero-order valence-corrected chi connectivity index (χ0v) is 12.4. The Morgan fingerprint density at radius 1 is 1.10 bits per heavy atom. The lowest BCUT2D eigenvalue weighted by Crippen LogP contribution is -2.33. The fourth-order valence-corrected chi connectivity index (χ4v) is 2.46. The molecule has 0 amide bonds. The van der Waals surface area contributed by atoms with E-state index >= 15 is 0 Å². The molecular weight excluding hydrogens is 272 g/mol. The molecule has 0 radical (unpaired) electrons. The Morgan fingerprint density at radius 3 is 2.35 bits per heavy atom. The van der Waals surface area contributed by atoms with Gasteiger partial charge in [-0.05, 0) is 29.7 Å². The maximum Gasteiger partial charge on any atom is 0.103 e. The van der Waals surface area contributed by atoms with Crippen LogP contribution in [0.25, 0.3) is 0 Å². The maximum atomic E-state index is 6.20. The van der Waals surface area contributed by atoms with Crippen molar-refractivity contribution in [1.82, 2.24) is 5.43 Å².